The summed E-state index contributed by atoms with van der Waals surface area (Å²) in [7, 11) is 2.87. The molecule has 22 heavy (non-hydrogen) atoms. The number of carbonyl (C=O) groups is 1. The molecule has 1 aromatic carbocycles. The van der Waals surface area contributed by atoms with Crippen LogP contribution in [0.4, 0.5) is 20.6 Å². The van der Waals surface area contributed by atoms with Crippen LogP contribution in [0, 0.1) is 5.82 Å². The molecule has 1 fully saturated rings. The summed E-state index contributed by atoms with van der Waals surface area (Å²) >= 11 is 0. The number of ether oxygens (including phenoxy) is 1. The Labute approximate surface area is 128 Å². The van der Waals surface area contributed by atoms with Crippen molar-refractivity contribution < 1.29 is 19.0 Å². The predicted molar refractivity (Wildman–Crippen MR) is 81.7 cm³/mol. The van der Waals surface area contributed by atoms with Crippen LogP contribution in [0.1, 0.15) is 0 Å². The van der Waals surface area contributed by atoms with Gasteiger partial charge in [0.05, 0.1) is 24.5 Å². The Morgan fingerprint density at radius 1 is 1.27 bits per heavy atom. The maximum Gasteiger partial charge on any atom is 0.414 e. The molecule has 3 rings (SSSR count). The van der Waals surface area contributed by atoms with Crippen molar-refractivity contribution in [3.8, 4) is 0 Å². The van der Waals surface area contributed by atoms with Crippen LogP contribution >= 0.6 is 0 Å². The van der Waals surface area contributed by atoms with Crippen molar-refractivity contribution in [3.63, 3.8) is 0 Å². The Balaban J connectivity index is 0.000000847. The maximum atomic E-state index is 14.2. The van der Waals surface area contributed by atoms with Gasteiger partial charge in [-0.3, -0.25) is 9.91 Å². The lowest BCUT2D eigenvalue weighted by Crippen LogP contribution is -2.36. The Bertz CT molecular complexity index is 567. The number of hydrogen-bond donors (Lipinski definition) is 1. The van der Waals surface area contributed by atoms with Gasteiger partial charge in [0.1, 0.15) is 18.8 Å². The molecule has 1 saturated heterocycles. The molecule has 0 unspecified atom stereocenters. The molecule has 2 aliphatic heterocycles. The number of aliphatic hydroxyl groups is 1. The molecule has 0 spiro atoms. The first-order valence-corrected chi connectivity index (χ1v) is 6.85. The number of amides is 1. The van der Waals surface area contributed by atoms with Gasteiger partial charge >= 0.3 is 6.09 Å². The summed E-state index contributed by atoms with van der Waals surface area (Å²) in [5.41, 5.74) is 0.970. The molecule has 0 saturated carbocycles. The minimum Gasteiger partial charge on any atom is -0.447 e. The van der Waals surface area contributed by atoms with E-state index in [0.717, 1.165) is 13.7 Å². The number of nitrogens with zero attached hydrogens (tertiary/aromatic N) is 4. The van der Waals surface area contributed by atoms with Crippen LogP contribution in [0.25, 0.3) is 0 Å². The average molecular weight is 310 g/mol. The van der Waals surface area contributed by atoms with Gasteiger partial charge in [0.15, 0.2) is 0 Å². The molecule has 120 valence electrons. The number of benzene rings is 1. The zero-order valence-electron chi connectivity index (χ0n) is 12.6. The van der Waals surface area contributed by atoms with Crippen LogP contribution in [0.2, 0.25) is 0 Å². The molecule has 7 nitrogen and oxygen atoms in total. The molecule has 1 aromatic rings. The van der Waals surface area contributed by atoms with Crippen LogP contribution in [0.3, 0.4) is 0 Å². The van der Waals surface area contributed by atoms with Gasteiger partial charge < -0.3 is 14.7 Å². The summed E-state index contributed by atoms with van der Waals surface area (Å²) in [6.45, 7) is 2.19. The molecule has 2 aliphatic rings. The Morgan fingerprint density at radius 2 is 2.05 bits per heavy atom. The second-order valence-corrected chi connectivity index (χ2v) is 4.71. The van der Waals surface area contributed by atoms with E-state index >= 15 is 0 Å². The Hall–Kier alpha value is -2.35. The van der Waals surface area contributed by atoms with Crippen LogP contribution in [-0.2, 0) is 4.74 Å². The van der Waals surface area contributed by atoms with Gasteiger partial charge in [-0.2, -0.15) is 5.10 Å². The lowest BCUT2D eigenvalue weighted by molar-refractivity contribution is 0.181. The van der Waals surface area contributed by atoms with E-state index in [9.17, 15) is 9.18 Å². The number of likely N-dealkylation sites (N-methyl/N-ethyl adjacent to an activating group) is 1. The summed E-state index contributed by atoms with van der Waals surface area (Å²) in [6.07, 6.45) is 1.17. The molecule has 0 bridgehead atoms. The number of cyclic esters (lactones) is 1. The normalized spacial score (nSPS) is 17.3. The lowest BCUT2D eigenvalue weighted by Gasteiger charge is -2.28. The van der Waals surface area contributed by atoms with Gasteiger partial charge in [-0.1, -0.05) is 0 Å². The van der Waals surface area contributed by atoms with Gasteiger partial charge in [-0.25, -0.2) is 9.18 Å². The zero-order valence-corrected chi connectivity index (χ0v) is 12.6. The summed E-state index contributed by atoms with van der Waals surface area (Å²) in [5.74, 6) is -0.377. The first-order valence-electron chi connectivity index (χ1n) is 6.85. The molecule has 0 radical (unpaired) electrons. The highest BCUT2D eigenvalue weighted by molar-refractivity contribution is 5.90. The van der Waals surface area contributed by atoms with Crippen molar-refractivity contribution in [2.24, 2.45) is 5.10 Å². The van der Waals surface area contributed by atoms with Gasteiger partial charge in [0.25, 0.3) is 0 Å². The minimum atomic E-state index is -0.432. The highest BCUT2D eigenvalue weighted by atomic mass is 19.1. The number of aliphatic hydroxyl groups excluding tert-OH is 1. The third kappa shape index (κ3) is 3.28. The van der Waals surface area contributed by atoms with Gasteiger partial charge in [-0.15, -0.1) is 0 Å². The number of halogens is 1. The van der Waals surface area contributed by atoms with Crippen molar-refractivity contribution in [3.05, 3.63) is 24.0 Å². The van der Waals surface area contributed by atoms with Crippen LogP contribution < -0.4 is 9.80 Å². The van der Waals surface area contributed by atoms with Gasteiger partial charge in [0.2, 0.25) is 0 Å². The first kappa shape index (κ1) is 16.0. The number of hydrazone groups is 1. The summed E-state index contributed by atoms with van der Waals surface area (Å²) in [5, 5.41) is 12.9. The summed E-state index contributed by atoms with van der Waals surface area (Å²) in [4.78, 5) is 14.6. The number of hydrogen-bond acceptors (Lipinski definition) is 6. The van der Waals surface area contributed by atoms with Crippen molar-refractivity contribution >= 4 is 23.8 Å². The van der Waals surface area contributed by atoms with E-state index in [1.165, 1.54) is 11.0 Å². The van der Waals surface area contributed by atoms with E-state index in [1.54, 1.807) is 28.4 Å². The van der Waals surface area contributed by atoms with Crippen molar-refractivity contribution in [2.75, 3.05) is 50.2 Å². The molecule has 2 heterocycles. The third-order valence-corrected chi connectivity index (χ3v) is 3.37. The number of carbonyl (C=O) groups excluding carboxylic acids is 1. The highest BCUT2D eigenvalue weighted by Crippen LogP contribution is 2.26. The smallest absolute Gasteiger partial charge is 0.414 e. The summed E-state index contributed by atoms with van der Waals surface area (Å²) in [6, 6.07) is 4.73. The number of rotatable bonds is 2. The van der Waals surface area contributed by atoms with Crippen LogP contribution in [0.15, 0.2) is 23.3 Å². The molecule has 0 atom stereocenters. The molecular weight excluding hydrogens is 291 g/mol. The fourth-order valence-corrected chi connectivity index (χ4v) is 2.23. The third-order valence-electron chi connectivity index (χ3n) is 3.37. The minimum absolute atomic E-state index is 0.341. The molecular formula is C14H19FN4O3. The largest absolute Gasteiger partial charge is 0.447 e. The predicted octanol–water partition coefficient (Wildman–Crippen LogP) is 1.09. The zero-order chi connectivity index (χ0) is 16.1. The highest BCUT2D eigenvalue weighted by Gasteiger charge is 2.25. The van der Waals surface area contributed by atoms with Gasteiger partial charge in [-0.05, 0) is 18.2 Å². The van der Waals surface area contributed by atoms with E-state index in [1.807, 2.05) is 7.05 Å². The SMILES string of the molecule is CN1CCN(c2ccc(N3CCOC3=O)cc2F)C=N1.CO. The lowest BCUT2D eigenvalue weighted by atomic mass is 10.2. The van der Waals surface area contributed by atoms with Crippen molar-refractivity contribution in [2.45, 2.75) is 0 Å². The topological polar surface area (TPSA) is 68.6 Å². The van der Waals surface area contributed by atoms with E-state index < -0.39 is 6.09 Å². The summed E-state index contributed by atoms with van der Waals surface area (Å²) < 4.78 is 19.1. The first-order chi connectivity index (χ1) is 10.6. The second-order valence-electron chi connectivity index (χ2n) is 4.71. The van der Waals surface area contributed by atoms with Crippen LogP contribution in [0.5, 0.6) is 0 Å². The molecule has 1 amide bonds. The van der Waals surface area contributed by atoms with Crippen molar-refractivity contribution in [1.29, 1.82) is 0 Å². The monoisotopic (exact) mass is 310 g/mol. The van der Waals surface area contributed by atoms with E-state index in [0.29, 0.717) is 31.1 Å². The van der Waals surface area contributed by atoms with E-state index in [2.05, 4.69) is 5.10 Å². The fourth-order valence-electron chi connectivity index (χ4n) is 2.23. The molecule has 8 heteroatoms. The quantitative estimate of drug-likeness (QED) is 0.885. The molecule has 0 aromatic heterocycles. The fraction of sp³-hybridized carbons (Fsp3) is 0.429. The second kappa shape index (κ2) is 7.08. The number of anilines is 2. The Morgan fingerprint density at radius 3 is 2.59 bits per heavy atom. The van der Waals surface area contributed by atoms with E-state index in [-0.39, 0.29) is 5.82 Å². The maximum absolute atomic E-state index is 14.2. The van der Waals surface area contributed by atoms with Gasteiger partial charge in [0, 0.05) is 20.7 Å². The average Bonchev–Trinajstić information content (AvgIpc) is 2.96. The van der Waals surface area contributed by atoms with Crippen LogP contribution in [-0.4, -0.2) is 62.9 Å². The van der Waals surface area contributed by atoms with E-state index in [4.69, 9.17) is 9.84 Å². The van der Waals surface area contributed by atoms with Crippen molar-refractivity contribution in [1.82, 2.24) is 5.01 Å². The molecule has 0 aliphatic carbocycles. The molecule has 1 N–H and O–H groups in total. The standard InChI is InChI=1S/C13H15FN4O2.CH4O/c1-16-4-5-17(9-15-16)12-3-2-10(8-11(12)14)18-6-7-20-13(18)19;1-2/h2-3,8-9H,4-7H2,1H3;2H,1H3. The Kier molecular flexibility index (Phi) is 5.16.